The molecule has 1 heterocycles. The molecule has 0 aromatic carbocycles. The predicted octanol–water partition coefficient (Wildman–Crippen LogP) is 2.93. The van der Waals surface area contributed by atoms with Gasteiger partial charge in [-0.25, -0.2) is 0 Å². The van der Waals surface area contributed by atoms with Crippen LogP contribution in [0, 0.1) is 0 Å². The molecule has 17 heavy (non-hydrogen) atoms. The molecular weight excluding hydrogens is 208 g/mol. The Labute approximate surface area is 106 Å². The largest absolute Gasteiger partial charge is 0.312 e. The van der Waals surface area contributed by atoms with E-state index in [2.05, 4.69) is 10.2 Å². The first-order chi connectivity index (χ1) is 8.43. The van der Waals surface area contributed by atoms with Crippen LogP contribution in [-0.4, -0.2) is 36.1 Å². The first-order valence-corrected chi connectivity index (χ1v) is 7.92. The van der Waals surface area contributed by atoms with Gasteiger partial charge in [0.2, 0.25) is 0 Å². The van der Waals surface area contributed by atoms with Crippen molar-refractivity contribution in [1.82, 2.24) is 10.2 Å². The summed E-state index contributed by atoms with van der Waals surface area (Å²) in [5.41, 5.74) is 0. The van der Waals surface area contributed by atoms with Gasteiger partial charge in [-0.3, -0.25) is 4.90 Å². The number of hydrogen-bond donors (Lipinski definition) is 1. The van der Waals surface area contributed by atoms with Gasteiger partial charge in [-0.05, 0) is 45.1 Å². The van der Waals surface area contributed by atoms with E-state index in [1.807, 2.05) is 0 Å². The van der Waals surface area contributed by atoms with Crippen LogP contribution in [0.1, 0.15) is 64.2 Å². The van der Waals surface area contributed by atoms with Gasteiger partial charge >= 0.3 is 0 Å². The summed E-state index contributed by atoms with van der Waals surface area (Å²) in [6.45, 7) is 2.64. The highest BCUT2D eigenvalue weighted by Gasteiger charge is 2.30. The van der Waals surface area contributed by atoms with Crippen molar-refractivity contribution in [2.24, 2.45) is 0 Å². The molecule has 0 radical (unpaired) electrons. The molecule has 1 N–H and O–H groups in total. The highest BCUT2D eigenvalue weighted by Crippen LogP contribution is 2.29. The van der Waals surface area contributed by atoms with E-state index in [0.717, 1.165) is 18.1 Å². The lowest BCUT2D eigenvalue weighted by molar-refractivity contribution is 0.0719. The molecule has 0 bridgehead atoms. The Morgan fingerprint density at radius 3 is 2.35 bits per heavy atom. The van der Waals surface area contributed by atoms with Gasteiger partial charge < -0.3 is 5.32 Å². The van der Waals surface area contributed by atoms with Gasteiger partial charge in [-0.2, -0.15) is 0 Å². The molecular formula is C15H28N2. The van der Waals surface area contributed by atoms with Gasteiger partial charge in [-0.1, -0.05) is 25.7 Å². The normalized spacial score (nSPS) is 32.8. The molecule has 0 aromatic heterocycles. The standard InChI is InChI=1S/C15H28N2/c1-2-6-14(7-3-1)17-11-5-4-8-15(17)12-16-13-9-10-13/h13-16H,1-12H2. The summed E-state index contributed by atoms with van der Waals surface area (Å²) in [5, 5.41) is 3.75. The summed E-state index contributed by atoms with van der Waals surface area (Å²) in [7, 11) is 0. The maximum Gasteiger partial charge on any atom is 0.0223 e. The molecule has 0 spiro atoms. The Morgan fingerprint density at radius 1 is 0.824 bits per heavy atom. The molecule has 2 aliphatic carbocycles. The topological polar surface area (TPSA) is 15.3 Å². The van der Waals surface area contributed by atoms with E-state index >= 15 is 0 Å². The second-order valence-corrected chi connectivity index (χ2v) is 6.36. The summed E-state index contributed by atoms with van der Waals surface area (Å²) in [6.07, 6.45) is 14.6. The summed E-state index contributed by atoms with van der Waals surface area (Å²) < 4.78 is 0. The van der Waals surface area contributed by atoms with E-state index in [-0.39, 0.29) is 0 Å². The molecule has 1 aliphatic heterocycles. The van der Waals surface area contributed by atoms with Crippen molar-refractivity contribution in [2.45, 2.75) is 82.3 Å². The van der Waals surface area contributed by atoms with E-state index in [0.29, 0.717) is 0 Å². The van der Waals surface area contributed by atoms with Crippen molar-refractivity contribution < 1.29 is 0 Å². The summed E-state index contributed by atoms with van der Waals surface area (Å²) >= 11 is 0. The zero-order valence-electron chi connectivity index (χ0n) is 11.2. The number of likely N-dealkylation sites (tertiary alicyclic amines) is 1. The molecule has 1 saturated heterocycles. The highest BCUT2D eigenvalue weighted by molar-refractivity contribution is 4.89. The lowest BCUT2D eigenvalue weighted by atomic mass is 9.90. The van der Waals surface area contributed by atoms with Crippen molar-refractivity contribution in [3.63, 3.8) is 0 Å². The van der Waals surface area contributed by atoms with Crippen LogP contribution in [-0.2, 0) is 0 Å². The third kappa shape index (κ3) is 3.23. The molecule has 0 amide bonds. The first kappa shape index (κ1) is 12.0. The van der Waals surface area contributed by atoms with Crippen molar-refractivity contribution in [2.75, 3.05) is 13.1 Å². The fraction of sp³-hybridized carbons (Fsp3) is 1.00. The predicted molar refractivity (Wildman–Crippen MR) is 72.2 cm³/mol. The van der Waals surface area contributed by atoms with Gasteiger partial charge in [0.25, 0.3) is 0 Å². The maximum absolute atomic E-state index is 3.75. The van der Waals surface area contributed by atoms with Crippen LogP contribution >= 0.6 is 0 Å². The SMILES string of the molecule is C1CCC(N2CCCCC2CNC2CC2)CC1. The molecule has 2 heteroatoms. The third-order valence-corrected chi connectivity index (χ3v) is 4.94. The van der Waals surface area contributed by atoms with E-state index < -0.39 is 0 Å². The average Bonchev–Trinajstić information content (AvgIpc) is 3.22. The summed E-state index contributed by atoms with van der Waals surface area (Å²) in [6, 6.07) is 2.66. The van der Waals surface area contributed by atoms with Gasteiger partial charge in [0.1, 0.15) is 0 Å². The Hall–Kier alpha value is -0.0800. The minimum Gasteiger partial charge on any atom is -0.312 e. The molecule has 2 saturated carbocycles. The lowest BCUT2D eigenvalue weighted by Crippen LogP contribution is -2.51. The van der Waals surface area contributed by atoms with Crippen LogP contribution in [0.5, 0.6) is 0 Å². The number of nitrogens with zero attached hydrogens (tertiary/aromatic N) is 1. The fourth-order valence-corrected chi connectivity index (χ4v) is 3.73. The van der Waals surface area contributed by atoms with Crippen LogP contribution < -0.4 is 5.32 Å². The number of nitrogens with one attached hydrogen (secondary N) is 1. The molecule has 2 nitrogen and oxygen atoms in total. The third-order valence-electron chi connectivity index (χ3n) is 4.94. The quantitative estimate of drug-likeness (QED) is 0.807. The highest BCUT2D eigenvalue weighted by atomic mass is 15.2. The Balaban J connectivity index is 1.53. The minimum atomic E-state index is 0.854. The van der Waals surface area contributed by atoms with Gasteiger partial charge in [0.05, 0.1) is 0 Å². The molecule has 3 fully saturated rings. The van der Waals surface area contributed by atoms with E-state index in [9.17, 15) is 0 Å². The first-order valence-electron chi connectivity index (χ1n) is 7.92. The Bertz CT molecular complexity index is 231. The number of hydrogen-bond acceptors (Lipinski definition) is 2. The Kier molecular flexibility index (Phi) is 4.02. The Morgan fingerprint density at radius 2 is 1.59 bits per heavy atom. The van der Waals surface area contributed by atoms with Crippen molar-refractivity contribution in [3.05, 3.63) is 0 Å². The van der Waals surface area contributed by atoms with Crippen LogP contribution in [0.25, 0.3) is 0 Å². The van der Waals surface area contributed by atoms with Gasteiger partial charge in [0, 0.05) is 24.7 Å². The smallest absolute Gasteiger partial charge is 0.0223 e. The van der Waals surface area contributed by atoms with Crippen LogP contribution in [0.15, 0.2) is 0 Å². The zero-order chi connectivity index (χ0) is 11.5. The van der Waals surface area contributed by atoms with E-state index in [1.54, 1.807) is 0 Å². The van der Waals surface area contributed by atoms with Crippen LogP contribution in [0.4, 0.5) is 0 Å². The van der Waals surface area contributed by atoms with Crippen molar-refractivity contribution >= 4 is 0 Å². The second-order valence-electron chi connectivity index (χ2n) is 6.36. The fourth-order valence-electron chi connectivity index (χ4n) is 3.73. The van der Waals surface area contributed by atoms with Gasteiger partial charge in [-0.15, -0.1) is 0 Å². The molecule has 98 valence electrons. The summed E-state index contributed by atoms with van der Waals surface area (Å²) in [5.74, 6) is 0. The number of rotatable bonds is 4. The molecule has 3 aliphatic rings. The van der Waals surface area contributed by atoms with Crippen molar-refractivity contribution in [1.29, 1.82) is 0 Å². The maximum atomic E-state index is 3.75. The van der Waals surface area contributed by atoms with Crippen LogP contribution in [0.3, 0.4) is 0 Å². The molecule has 1 unspecified atom stereocenters. The molecule has 0 aromatic rings. The van der Waals surface area contributed by atoms with E-state index in [1.165, 1.54) is 77.3 Å². The molecule has 3 rings (SSSR count). The molecule has 1 atom stereocenters. The number of piperidine rings is 1. The van der Waals surface area contributed by atoms with Crippen LogP contribution in [0.2, 0.25) is 0 Å². The minimum absolute atomic E-state index is 0.854. The van der Waals surface area contributed by atoms with Crippen molar-refractivity contribution in [3.8, 4) is 0 Å². The lowest BCUT2D eigenvalue weighted by Gasteiger charge is -2.43. The van der Waals surface area contributed by atoms with Gasteiger partial charge in [0.15, 0.2) is 0 Å². The second kappa shape index (κ2) is 5.71. The monoisotopic (exact) mass is 236 g/mol. The summed E-state index contributed by atoms with van der Waals surface area (Å²) in [4.78, 5) is 2.87. The zero-order valence-corrected chi connectivity index (χ0v) is 11.2. The average molecular weight is 236 g/mol. The van der Waals surface area contributed by atoms with E-state index in [4.69, 9.17) is 0 Å².